The number of amidine groups is 1. The molecule has 1 heterocycles. The third-order valence-corrected chi connectivity index (χ3v) is 4.92. The molecule has 4 rings (SSSR count). The fourth-order valence-corrected chi connectivity index (χ4v) is 3.32. The quantitative estimate of drug-likeness (QED) is 0.578. The van der Waals surface area contributed by atoms with E-state index in [2.05, 4.69) is 0 Å². The molecular weight excluding hydrogens is 376 g/mol. The molecule has 150 valence electrons. The number of anilines is 1. The predicted molar refractivity (Wildman–Crippen MR) is 119 cm³/mol. The molecule has 0 spiro atoms. The highest BCUT2D eigenvalue weighted by molar-refractivity contribution is 6.33. The third-order valence-electron chi connectivity index (χ3n) is 4.92. The summed E-state index contributed by atoms with van der Waals surface area (Å²) in [4.78, 5) is 19.7. The molecule has 0 aromatic heterocycles. The lowest BCUT2D eigenvalue weighted by molar-refractivity contribution is -0.113. The molecule has 3 aromatic carbocycles. The second-order valence-electron chi connectivity index (χ2n) is 6.92. The number of rotatable bonds is 5. The Hall–Kier alpha value is -3.86. The summed E-state index contributed by atoms with van der Waals surface area (Å²) < 4.78 is 10.7. The number of aliphatic imine (C=N–C) groups is 1. The summed E-state index contributed by atoms with van der Waals surface area (Å²) >= 11 is 0. The molecule has 0 bridgehead atoms. The van der Waals surface area contributed by atoms with Gasteiger partial charge in [-0.3, -0.25) is 9.69 Å². The zero-order valence-electron chi connectivity index (χ0n) is 17.1. The van der Waals surface area contributed by atoms with Crippen molar-refractivity contribution in [1.29, 1.82) is 0 Å². The number of benzene rings is 3. The number of hydrogen-bond donors (Lipinski definition) is 0. The lowest BCUT2D eigenvalue weighted by atomic mass is 10.1. The van der Waals surface area contributed by atoms with E-state index in [-0.39, 0.29) is 5.91 Å². The van der Waals surface area contributed by atoms with E-state index < -0.39 is 0 Å². The Morgan fingerprint density at radius 1 is 0.900 bits per heavy atom. The first-order chi connectivity index (χ1) is 14.6. The van der Waals surface area contributed by atoms with Crippen LogP contribution in [0, 0.1) is 6.92 Å². The zero-order valence-corrected chi connectivity index (χ0v) is 17.1. The third kappa shape index (κ3) is 3.70. The van der Waals surface area contributed by atoms with Crippen LogP contribution in [0.2, 0.25) is 0 Å². The molecule has 3 aromatic rings. The SMILES string of the molecule is COc1ccc(/C=C2/N=C(c3ccccc3)N(c3ccc(C)cc3)C2=O)c(OC)c1. The van der Waals surface area contributed by atoms with Gasteiger partial charge in [0.25, 0.3) is 5.91 Å². The fraction of sp³-hybridized carbons (Fsp3) is 0.120. The van der Waals surface area contributed by atoms with Gasteiger partial charge in [0.2, 0.25) is 0 Å². The molecule has 0 N–H and O–H groups in total. The molecule has 0 saturated carbocycles. The lowest BCUT2D eigenvalue weighted by Crippen LogP contribution is -2.32. The van der Waals surface area contributed by atoms with Crippen LogP contribution in [-0.4, -0.2) is 26.0 Å². The summed E-state index contributed by atoms with van der Waals surface area (Å²) in [5, 5.41) is 0. The van der Waals surface area contributed by atoms with Crippen LogP contribution in [0.1, 0.15) is 16.7 Å². The summed E-state index contributed by atoms with van der Waals surface area (Å²) in [5.41, 5.74) is 3.87. The van der Waals surface area contributed by atoms with Gasteiger partial charge in [0.05, 0.1) is 19.9 Å². The normalized spacial score (nSPS) is 14.8. The highest BCUT2D eigenvalue weighted by Crippen LogP contribution is 2.31. The Labute approximate surface area is 175 Å². The Morgan fingerprint density at radius 2 is 1.63 bits per heavy atom. The Kier molecular flexibility index (Phi) is 5.35. The van der Waals surface area contributed by atoms with Crippen LogP contribution in [0.25, 0.3) is 6.08 Å². The number of hydrogen-bond acceptors (Lipinski definition) is 4. The molecule has 0 fully saturated rings. The minimum Gasteiger partial charge on any atom is -0.497 e. The molecule has 1 amide bonds. The van der Waals surface area contributed by atoms with E-state index in [1.807, 2.05) is 73.7 Å². The maximum atomic E-state index is 13.4. The molecule has 0 unspecified atom stereocenters. The van der Waals surface area contributed by atoms with E-state index in [4.69, 9.17) is 14.5 Å². The summed E-state index contributed by atoms with van der Waals surface area (Å²) in [7, 11) is 3.19. The van der Waals surface area contributed by atoms with Crippen molar-refractivity contribution in [2.45, 2.75) is 6.92 Å². The summed E-state index contributed by atoms with van der Waals surface area (Å²) in [6.45, 7) is 2.02. The van der Waals surface area contributed by atoms with Crippen molar-refractivity contribution in [3.05, 3.63) is 95.2 Å². The minimum absolute atomic E-state index is 0.185. The van der Waals surface area contributed by atoms with Crippen molar-refractivity contribution in [3.8, 4) is 11.5 Å². The van der Waals surface area contributed by atoms with E-state index in [9.17, 15) is 4.79 Å². The van der Waals surface area contributed by atoms with E-state index in [1.54, 1.807) is 31.3 Å². The number of nitrogens with zero attached hydrogens (tertiary/aromatic N) is 2. The molecule has 30 heavy (non-hydrogen) atoms. The van der Waals surface area contributed by atoms with Gasteiger partial charge in [0.1, 0.15) is 23.0 Å². The predicted octanol–water partition coefficient (Wildman–Crippen LogP) is 4.85. The van der Waals surface area contributed by atoms with Crippen LogP contribution in [0.3, 0.4) is 0 Å². The average Bonchev–Trinajstić information content (AvgIpc) is 3.11. The number of carbonyl (C=O) groups excluding carboxylic acids is 1. The van der Waals surface area contributed by atoms with Crippen LogP contribution < -0.4 is 14.4 Å². The maximum Gasteiger partial charge on any atom is 0.282 e. The molecule has 5 nitrogen and oxygen atoms in total. The number of ether oxygens (including phenoxy) is 2. The van der Waals surface area contributed by atoms with E-state index in [1.165, 1.54) is 0 Å². The van der Waals surface area contributed by atoms with Crippen LogP contribution in [-0.2, 0) is 4.79 Å². The van der Waals surface area contributed by atoms with E-state index >= 15 is 0 Å². The van der Waals surface area contributed by atoms with Crippen molar-refractivity contribution in [1.82, 2.24) is 0 Å². The van der Waals surface area contributed by atoms with E-state index in [0.29, 0.717) is 23.0 Å². The number of carbonyl (C=O) groups is 1. The number of aryl methyl sites for hydroxylation is 1. The second-order valence-corrected chi connectivity index (χ2v) is 6.92. The fourth-order valence-electron chi connectivity index (χ4n) is 3.32. The first kappa shape index (κ1) is 19.5. The van der Waals surface area contributed by atoms with E-state index in [0.717, 1.165) is 22.4 Å². The Bertz CT molecular complexity index is 1130. The smallest absolute Gasteiger partial charge is 0.282 e. The molecule has 0 aliphatic carbocycles. The average molecular weight is 398 g/mol. The highest BCUT2D eigenvalue weighted by atomic mass is 16.5. The van der Waals surface area contributed by atoms with Gasteiger partial charge in [-0.15, -0.1) is 0 Å². The zero-order chi connectivity index (χ0) is 21.1. The number of amides is 1. The van der Waals surface area contributed by atoms with Gasteiger partial charge in [0, 0.05) is 17.2 Å². The Morgan fingerprint density at radius 3 is 2.30 bits per heavy atom. The summed E-state index contributed by atoms with van der Waals surface area (Å²) in [6, 6.07) is 23.0. The van der Waals surface area contributed by atoms with Crippen molar-refractivity contribution in [2.75, 3.05) is 19.1 Å². The topological polar surface area (TPSA) is 51.1 Å². The van der Waals surface area contributed by atoms with Crippen molar-refractivity contribution >= 4 is 23.5 Å². The van der Waals surface area contributed by atoms with Gasteiger partial charge >= 0.3 is 0 Å². The molecule has 1 aliphatic heterocycles. The van der Waals surface area contributed by atoms with Gasteiger partial charge in [0.15, 0.2) is 0 Å². The lowest BCUT2D eigenvalue weighted by Gasteiger charge is -2.18. The minimum atomic E-state index is -0.185. The summed E-state index contributed by atoms with van der Waals surface area (Å²) in [5.74, 6) is 1.71. The largest absolute Gasteiger partial charge is 0.497 e. The Balaban J connectivity index is 1.82. The van der Waals surface area contributed by atoms with Crippen molar-refractivity contribution in [2.24, 2.45) is 4.99 Å². The van der Waals surface area contributed by atoms with Crippen molar-refractivity contribution < 1.29 is 14.3 Å². The van der Waals surface area contributed by atoms with Gasteiger partial charge in [-0.1, -0.05) is 48.0 Å². The number of methoxy groups -OCH3 is 2. The maximum absolute atomic E-state index is 13.4. The van der Waals surface area contributed by atoms with Crippen LogP contribution in [0.4, 0.5) is 5.69 Å². The van der Waals surface area contributed by atoms with Gasteiger partial charge in [-0.05, 0) is 37.3 Å². The van der Waals surface area contributed by atoms with Crippen LogP contribution in [0.5, 0.6) is 11.5 Å². The first-order valence-electron chi connectivity index (χ1n) is 9.59. The molecule has 0 saturated heterocycles. The first-order valence-corrected chi connectivity index (χ1v) is 9.59. The van der Waals surface area contributed by atoms with Gasteiger partial charge in [-0.2, -0.15) is 0 Å². The monoisotopic (exact) mass is 398 g/mol. The van der Waals surface area contributed by atoms with Crippen LogP contribution >= 0.6 is 0 Å². The molecule has 5 heteroatoms. The molecular formula is C25H22N2O3. The standard InChI is InChI=1S/C25H22N2O3/c1-17-9-12-20(13-10-17)27-24(18-7-5-4-6-8-18)26-22(25(27)28)15-19-11-14-21(29-2)16-23(19)30-3/h4-16H,1-3H3/b22-15+. The second kappa shape index (κ2) is 8.25. The van der Waals surface area contributed by atoms with Crippen LogP contribution in [0.15, 0.2) is 83.5 Å². The highest BCUT2D eigenvalue weighted by Gasteiger charge is 2.32. The molecule has 1 aliphatic rings. The molecule has 0 radical (unpaired) electrons. The molecule has 0 atom stereocenters. The van der Waals surface area contributed by atoms with Crippen molar-refractivity contribution in [3.63, 3.8) is 0 Å². The summed E-state index contributed by atoms with van der Waals surface area (Å²) in [6.07, 6.45) is 1.75. The van der Waals surface area contributed by atoms with Gasteiger partial charge in [-0.25, -0.2) is 4.99 Å². The van der Waals surface area contributed by atoms with Gasteiger partial charge < -0.3 is 9.47 Å².